The second-order valence-corrected chi connectivity index (χ2v) is 1.66. The number of nitrogens with zero attached hydrogens (tertiary/aromatic N) is 3. The molecule has 1 aromatic heterocycles. The quantitative estimate of drug-likeness (QED) is 0.534. The van der Waals surface area contributed by atoms with Crippen molar-refractivity contribution in [2.24, 2.45) is 0 Å². The molecule has 6 heteroatoms. The highest BCUT2D eigenvalue weighted by Gasteiger charge is 2.08. The molecule has 11 heavy (non-hydrogen) atoms. The van der Waals surface area contributed by atoms with Crippen molar-refractivity contribution in [3.63, 3.8) is 0 Å². The van der Waals surface area contributed by atoms with Crippen molar-refractivity contribution in [3.05, 3.63) is 12.2 Å². The summed E-state index contributed by atoms with van der Waals surface area (Å²) in [6, 6.07) is 0. The van der Waals surface area contributed by atoms with Gasteiger partial charge in [0.05, 0.1) is 7.11 Å². The van der Waals surface area contributed by atoms with Gasteiger partial charge in [0.2, 0.25) is 11.8 Å². The zero-order chi connectivity index (χ0) is 8.27. The van der Waals surface area contributed by atoms with Crippen molar-refractivity contribution in [2.45, 2.75) is 0 Å². The Kier molecular flexibility index (Phi) is 1.95. The predicted molar refractivity (Wildman–Crippen MR) is 35.6 cm³/mol. The molecule has 0 fully saturated rings. The number of aromatic nitrogens is 3. The van der Waals surface area contributed by atoms with Crippen LogP contribution in [0.2, 0.25) is 0 Å². The van der Waals surface area contributed by atoms with E-state index in [0.717, 1.165) is 6.33 Å². The van der Waals surface area contributed by atoms with Crippen LogP contribution in [0.25, 0.3) is 0 Å². The fraction of sp³-hybridized carbons (Fsp3) is 0.200. The lowest BCUT2D eigenvalue weighted by atomic mass is 10.6. The summed E-state index contributed by atoms with van der Waals surface area (Å²) in [7, 11) is 1.24. The molecule has 0 amide bonds. The fourth-order valence-corrected chi connectivity index (χ4v) is 0.499. The first-order valence-corrected chi connectivity index (χ1v) is 2.77. The Morgan fingerprint density at radius 2 is 2.36 bits per heavy atom. The van der Waals surface area contributed by atoms with E-state index in [4.69, 9.17) is 5.73 Å². The molecule has 0 radical (unpaired) electrons. The number of methoxy groups -OCH3 is 1. The number of hydrogen-bond acceptors (Lipinski definition) is 6. The Bertz CT molecular complexity index is 275. The van der Waals surface area contributed by atoms with Gasteiger partial charge in [-0.25, -0.2) is 14.8 Å². The molecule has 58 valence electrons. The highest BCUT2D eigenvalue weighted by molar-refractivity contribution is 5.85. The van der Waals surface area contributed by atoms with Gasteiger partial charge in [0.25, 0.3) is 0 Å². The van der Waals surface area contributed by atoms with Crippen molar-refractivity contribution in [1.82, 2.24) is 15.0 Å². The summed E-state index contributed by atoms with van der Waals surface area (Å²) < 4.78 is 4.34. The highest BCUT2D eigenvalue weighted by Crippen LogP contribution is 1.92. The molecule has 1 heterocycles. The third kappa shape index (κ3) is 1.60. The van der Waals surface area contributed by atoms with Crippen LogP contribution in [-0.4, -0.2) is 28.0 Å². The lowest BCUT2D eigenvalue weighted by molar-refractivity contribution is 0.0586. The first kappa shape index (κ1) is 7.39. The summed E-state index contributed by atoms with van der Waals surface area (Å²) >= 11 is 0. The van der Waals surface area contributed by atoms with Crippen LogP contribution in [0.4, 0.5) is 5.95 Å². The predicted octanol–water partition coefficient (Wildman–Crippen LogP) is -0.760. The molecule has 1 aromatic rings. The van der Waals surface area contributed by atoms with Gasteiger partial charge in [0, 0.05) is 0 Å². The van der Waals surface area contributed by atoms with Gasteiger partial charge in [-0.1, -0.05) is 0 Å². The van der Waals surface area contributed by atoms with E-state index in [2.05, 4.69) is 19.7 Å². The van der Waals surface area contributed by atoms with Crippen LogP contribution in [0.5, 0.6) is 0 Å². The van der Waals surface area contributed by atoms with Gasteiger partial charge in [-0.2, -0.15) is 4.98 Å². The third-order valence-electron chi connectivity index (χ3n) is 0.958. The number of carbonyl (C=O) groups is 1. The van der Waals surface area contributed by atoms with Crippen molar-refractivity contribution < 1.29 is 9.53 Å². The van der Waals surface area contributed by atoms with E-state index in [0.29, 0.717) is 0 Å². The van der Waals surface area contributed by atoms with Gasteiger partial charge in [-0.05, 0) is 0 Å². The molecule has 0 atom stereocenters. The average molecular weight is 154 g/mol. The van der Waals surface area contributed by atoms with Crippen LogP contribution in [0.1, 0.15) is 10.6 Å². The Hall–Kier alpha value is -1.72. The van der Waals surface area contributed by atoms with Gasteiger partial charge in [0.15, 0.2) is 0 Å². The molecule has 0 aliphatic rings. The van der Waals surface area contributed by atoms with E-state index in [-0.39, 0.29) is 11.8 Å². The summed E-state index contributed by atoms with van der Waals surface area (Å²) in [6.45, 7) is 0. The maximum absolute atomic E-state index is 10.7. The van der Waals surface area contributed by atoms with Gasteiger partial charge in [0.1, 0.15) is 6.33 Å². The summed E-state index contributed by atoms with van der Waals surface area (Å²) in [5, 5.41) is 0. The monoisotopic (exact) mass is 154 g/mol. The fourth-order valence-electron chi connectivity index (χ4n) is 0.499. The van der Waals surface area contributed by atoms with E-state index in [9.17, 15) is 4.79 Å². The van der Waals surface area contributed by atoms with Crippen LogP contribution < -0.4 is 5.73 Å². The van der Waals surface area contributed by atoms with E-state index in [1.54, 1.807) is 0 Å². The van der Waals surface area contributed by atoms with Crippen molar-refractivity contribution in [2.75, 3.05) is 12.8 Å². The first-order chi connectivity index (χ1) is 5.24. The zero-order valence-corrected chi connectivity index (χ0v) is 5.81. The maximum atomic E-state index is 10.7. The number of anilines is 1. The molecule has 0 unspecified atom stereocenters. The first-order valence-electron chi connectivity index (χ1n) is 2.77. The number of carbonyl (C=O) groups excluding carboxylic acids is 1. The SMILES string of the molecule is COC(=O)c1ncnc(N)n1. The molecule has 2 N–H and O–H groups in total. The standard InChI is InChI=1S/C5H6N4O2/c1-11-4(10)3-7-2-8-5(6)9-3/h2H,1H3,(H2,6,7,8,9). The lowest BCUT2D eigenvalue weighted by Crippen LogP contribution is -2.09. The summed E-state index contributed by atoms with van der Waals surface area (Å²) in [4.78, 5) is 21.3. The minimum absolute atomic E-state index is 0.000370. The van der Waals surface area contributed by atoms with Gasteiger partial charge in [-0.15, -0.1) is 0 Å². The number of ether oxygens (including phenoxy) is 1. The molecule has 0 aliphatic heterocycles. The third-order valence-corrected chi connectivity index (χ3v) is 0.958. The second-order valence-electron chi connectivity index (χ2n) is 1.66. The van der Waals surface area contributed by atoms with Gasteiger partial charge in [-0.3, -0.25) is 0 Å². The van der Waals surface area contributed by atoms with E-state index < -0.39 is 5.97 Å². The van der Waals surface area contributed by atoms with Crippen molar-refractivity contribution in [3.8, 4) is 0 Å². The largest absolute Gasteiger partial charge is 0.463 e. The normalized spacial score (nSPS) is 9.18. The molecular weight excluding hydrogens is 148 g/mol. The lowest BCUT2D eigenvalue weighted by Gasteiger charge is -1.95. The summed E-state index contributed by atoms with van der Waals surface area (Å²) in [6.07, 6.45) is 1.15. The van der Waals surface area contributed by atoms with Crippen LogP contribution in [0, 0.1) is 0 Å². The highest BCUT2D eigenvalue weighted by atomic mass is 16.5. The minimum Gasteiger partial charge on any atom is -0.463 e. The molecule has 0 saturated heterocycles. The smallest absolute Gasteiger partial charge is 0.376 e. The summed E-state index contributed by atoms with van der Waals surface area (Å²) in [5.74, 6) is -0.709. The zero-order valence-electron chi connectivity index (χ0n) is 5.81. The van der Waals surface area contributed by atoms with Crippen LogP contribution in [-0.2, 0) is 4.74 Å². The Morgan fingerprint density at radius 1 is 1.64 bits per heavy atom. The number of rotatable bonds is 1. The van der Waals surface area contributed by atoms with Crippen molar-refractivity contribution in [1.29, 1.82) is 0 Å². The number of nitrogens with two attached hydrogens (primary N) is 1. The average Bonchev–Trinajstić information content (AvgIpc) is 2.03. The molecule has 0 bridgehead atoms. The van der Waals surface area contributed by atoms with E-state index in [1.807, 2.05) is 0 Å². The summed E-state index contributed by atoms with van der Waals surface area (Å²) in [5.41, 5.74) is 5.18. The van der Waals surface area contributed by atoms with Crippen molar-refractivity contribution >= 4 is 11.9 Å². The maximum Gasteiger partial charge on any atom is 0.376 e. The molecule has 0 saturated carbocycles. The number of hydrogen-bond donors (Lipinski definition) is 1. The topological polar surface area (TPSA) is 91.0 Å². The number of nitrogen functional groups attached to an aromatic ring is 1. The Labute approximate surface area is 62.4 Å². The van der Waals surface area contributed by atoms with E-state index >= 15 is 0 Å². The number of esters is 1. The Balaban J connectivity index is 2.96. The molecule has 0 aromatic carbocycles. The molecule has 0 spiro atoms. The molecular formula is C5H6N4O2. The van der Waals surface area contributed by atoms with Gasteiger partial charge < -0.3 is 10.5 Å². The van der Waals surface area contributed by atoms with Gasteiger partial charge >= 0.3 is 5.97 Å². The van der Waals surface area contributed by atoms with Crippen LogP contribution in [0.3, 0.4) is 0 Å². The molecule has 6 nitrogen and oxygen atoms in total. The Morgan fingerprint density at radius 3 is 2.91 bits per heavy atom. The van der Waals surface area contributed by atoms with Crippen LogP contribution in [0.15, 0.2) is 6.33 Å². The van der Waals surface area contributed by atoms with Crippen LogP contribution >= 0.6 is 0 Å². The molecule has 0 aliphatic carbocycles. The second kappa shape index (κ2) is 2.91. The minimum atomic E-state index is -0.626. The molecule has 1 rings (SSSR count). The van der Waals surface area contributed by atoms with E-state index in [1.165, 1.54) is 7.11 Å².